The fraction of sp³-hybridized carbons (Fsp3) is 0.950. The van der Waals surface area contributed by atoms with Crippen LogP contribution in [0.15, 0.2) is 0 Å². The largest absolute Gasteiger partial charge is 0.347 e. The summed E-state index contributed by atoms with van der Waals surface area (Å²) < 4.78 is 0. The molecule has 0 aromatic carbocycles. The first-order chi connectivity index (χ1) is 13.6. The zero-order valence-electron chi connectivity index (χ0n) is 18.0. The van der Waals surface area contributed by atoms with Gasteiger partial charge in [-0.3, -0.25) is 4.79 Å². The average molecular weight is 398 g/mol. The maximum Gasteiger partial charge on any atom is 0.220 e. The van der Waals surface area contributed by atoms with Crippen LogP contribution in [0.2, 0.25) is 0 Å². The molecule has 1 amide bonds. The quantitative estimate of drug-likeness (QED) is 0.313. The second-order valence-corrected chi connectivity index (χ2v) is 8.80. The molecule has 3 heterocycles. The number of carbonyl (C=O) groups excluding carboxylic acids is 1. The Morgan fingerprint density at radius 3 is 1.54 bits per heavy atom. The molecule has 3 aliphatic heterocycles. The summed E-state index contributed by atoms with van der Waals surface area (Å²) in [5.74, 6) is 0.152. The Labute approximate surface area is 171 Å². The molecule has 7 N–H and O–H groups in total. The number of fused-ring (bicyclic) bond motifs is 15. The monoisotopic (exact) mass is 397 g/mol. The Balaban J connectivity index is 2.10. The Hall–Kier alpha value is -0.770. The topological polar surface area (TPSA) is 101 Å². The number of amides is 1. The van der Waals surface area contributed by atoms with Crippen LogP contribution in [-0.2, 0) is 4.79 Å². The first-order valence-electron chi connectivity index (χ1n) is 11.1. The standard InChI is InChI=1S/C20H43N7O/c1-3-4-5-18(28)27-20-15-24-9-6-21-12-19(2,13-22-7-10-25-16-20)14-23-8-11-26-17-20/h21-26H,3-17H2,1-2H3,(H,27,28). The van der Waals surface area contributed by atoms with Gasteiger partial charge < -0.3 is 37.2 Å². The van der Waals surface area contributed by atoms with E-state index in [0.717, 1.165) is 91.4 Å². The minimum absolute atomic E-state index is 0.152. The molecule has 0 spiro atoms. The summed E-state index contributed by atoms with van der Waals surface area (Å²) >= 11 is 0. The van der Waals surface area contributed by atoms with E-state index in [1.807, 2.05) is 0 Å². The van der Waals surface area contributed by atoms with Gasteiger partial charge in [0, 0.05) is 90.4 Å². The molecule has 8 heteroatoms. The Kier molecular flexibility index (Phi) is 10.7. The molecular formula is C20H43N7O. The molecule has 3 fully saturated rings. The fourth-order valence-corrected chi connectivity index (χ4v) is 3.89. The van der Waals surface area contributed by atoms with Gasteiger partial charge in [0.1, 0.15) is 0 Å². The van der Waals surface area contributed by atoms with Gasteiger partial charge in [0.25, 0.3) is 0 Å². The maximum atomic E-state index is 12.5. The summed E-state index contributed by atoms with van der Waals surface area (Å²) in [5, 5.41) is 24.9. The van der Waals surface area contributed by atoms with Crippen molar-refractivity contribution < 1.29 is 4.79 Å². The minimum atomic E-state index is -0.326. The van der Waals surface area contributed by atoms with Crippen molar-refractivity contribution in [3.05, 3.63) is 0 Å². The predicted molar refractivity (Wildman–Crippen MR) is 116 cm³/mol. The van der Waals surface area contributed by atoms with Crippen molar-refractivity contribution in [1.29, 1.82) is 0 Å². The lowest BCUT2D eigenvalue weighted by Crippen LogP contribution is -2.66. The Morgan fingerprint density at radius 2 is 1.14 bits per heavy atom. The highest BCUT2D eigenvalue weighted by Crippen LogP contribution is 2.12. The van der Waals surface area contributed by atoms with Crippen LogP contribution < -0.4 is 37.2 Å². The second kappa shape index (κ2) is 12.7. The molecule has 3 rings (SSSR count). The van der Waals surface area contributed by atoms with E-state index in [1.54, 1.807) is 0 Å². The summed E-state index contributed by atoms with van der Waals surface area (Å²) in [7, 11) is 0. The number of hydrogen-bond acceptors (Lipinski definition) is 7. The van der Waals surface area contributed by atoms with Crippen molar-refractivity contribution in [2.24, 2.45) is 5.41 Å². The zero-order valence-corrected chi connectivity index (χ0v) is 18.0. The lowest BCUT2D eigenvalue weighted by Gasteiger charge is -2.37. The first kappa shape index (κ1) is 23.5. The summed E-state index contributed by atoms with van der Waals surface area (Å²) in [4.78, 5) is 12.5. The first-order valence-corrected chi connectivity index (χ1v) is 11.1. The normalized spacial score (nSPS) is 31.6. The van der Waals surface area contributed by atoms with Gasteiger partial charge in [0.2, 0.25) is 5.91 Å². The van der Waals surface area contributed by atoms with E-state index in [0.29, 0.717) is 6.42 Å². The summed E-state index contributed by atoms with van der Waals surface area (Å²) in [6.07, 6.45) is 2.57. The number of hydrogen-bond donors (Lipinski definition) is 7. The van der Waals surface area contributed by atoms with Crippen LogP contribution >= 0.6 is 0 Å². The van der Waals surface area contributed by atoms with Crippen LogP contribution in [0.5, 0.6) is 0 Å². The molecule has 3 aliphatic rings. The predicted octanol–water partition coefficient (Wildman–Crippen LogP) is -1.40. The maximum absolute atomic E-state index is 12.5. The molecule has 0 radical (unpaired) electrons. The second-order valence-electron chi connectivity index (χ2n) is 8.80. The molecule has 0 saturated carbocycles. The van der Waals surface area contributed by atoms with Gasteiger partial charge in [0.15, 0.2) is 0 Å². The lowest BCUT2D eigenvalue weighted by atomic mass is 9.90. The Morgan fingerprint density at radius 1 is 0.750 bits per heavy atom. The Bertz CT molecular complexity index is 403. The number of nitrogens with one attached hydrogen (secondary N) is 7. The molecule has 3 saturated heterocycles. The third kappa shape index (κ3) is 8.71. The molecule has 28 heavy (non-hydrogen) atoms. The van der Waals surface area contributed by atoms with Crippen LogP contribution in [0.25, 0.3) is 0 Å². The molecular weight excluding hydrogens is 354 g/mol. The van der Waals surface area contributed by atoms with Gasteiger partial charge >= 0.3 is 0 Å². The highest BCUT2D eigenvalue weighted by molar-refractivity contribution is 5.76. The smallest absolute Gasteiger partial charge is 0.220 e. The van der Waals surface area contributed by atoms with E-state index in [4.69, 9.17) is 0 Å². The SMILES string of the molecule is CCCCC(=O)NC12CNCCNCC(C)(CNCCNC1)CNCCNC2. The summed E-state index contributed by atoms with van der Waals surface area (Å²) in [6, 6.07) is 0. The molecule has 0 aliphatic carbocycles. The minimum Gasteiger partial charge on any atom is -0.347 e. The van der Waals surface area contributed by atoms with Crippen LogP contribution in [0, 0.1) is 5.41 Å². The van der Waals surface area contributed by atoms with Gasteiger partial charge in [0.05, 0.1) is 5.54 Å². The van der Waals surface area contributed by atoms with E-state index in [2.05, 4.69) is 51.1 Å². The third-order valence-electron chi connectivity index (χ3n) is 5.64. The lowest BCUT2D eigenvalue weighted by molar-refractivity contribution is -0.123. The van der Waals surface area contributed by atoms with Crippen LogP contribution in [-0.4, -0.2) is 90.0 Å². The van der Waals surface area contributed by atoms with E-state index in [-0.39, 0.29) is 16.9 Å². The number of rotatable bonds is 4. The van der Waals surface area contributed by atoms with Gasteiger partial charge in [-0.1, -0.05) is 20.3 Å². The van der Waals surface area contributed by atoms with E-state index < -0.39 is 0 Å². The van der Waals surface area contributed by atoms with E-state index >= 15 is 0 Å². The summed E-state index contributed by atoms with van der Waals surface area (Å²) in [6.45, 7) is 15.1. The van der Waals surface area contributed by atoms with Crippen molar-refractivity contribution in [3.8, 4) is 0 Å². The molecule has 164 valence electrons. The molecule has 2 bridgehead atoms. The molecule has 0 aromatic rings. The van der Waals surface area contributed by atoms with Crippen molar-refractivity contribution in [2.45, 2.75) is 38.6 Å². The van der Waals surface area contributed by atoms with Gasteiger partial charge in [-0.25, -0.2) is 0 Å². The van der Waals surface area contributed by atoms with Crippen LogP contribution in [0.1, 0.15) is 33.1 Å². The summed E-state index contributed by atoms with van der Waals surface area (Å²) in [5.41, 5.74) is -0.140. The molecule has 8 nitrogen and oxygen atoms in total. The van der Waals surface area contributed by atoms with Gasteiger partial charge in [-0.05, 0) is 6.42 Å². The highest BCUT2D eigenvalue weighted by Gasteiger charge is 2.31. The van der Waals surface area contributed by atoms with E-state index in [1.165, 1.54) is 0 Å². The van der Waals surface area contributed by atoms with Gasteiger partial charge in [-0.15, -0.1) is 0 Å². The van der Waals surface area contributed by atoms with Crippen molar-refractivity contribution in [1.82, 2.24) is 37.2 Å². The number of unbranched alkanes of at least 4 members (excludes halogenated alkanes) is 1. The number of carbonyl (C=O) groups is 1. The van der Waals surface area contributed by atoms with Gasteiger partial charge in [-0.2, -0.15) is 0 Å². The fourth-order valence-electron chi connectivity index (χ4n) is 3.89. The highest BCUT2D eigenvalue weighted by atomic mass is 16.1. The average Bonchev–Trinajstić information content (AvgIpc) is 2.67. The molecule has 0 aromatic heterocycles. The van der Waals surface area contributed by atoms with E-state index in [9.17, 15) is 4.79 Å². The van der Waals surface area contributed by atoms with Crippen LogP contribution in [0.3, 0.4) is 0 Å². The van der Waals surface area contributed by atoms with Crippen molar-refractivity contribution in [3.63, 3.8) is 0 Å². The van der Waals surface area contributed by atoms with Crippen LogP contribution in [0.4, 0.5) is 0 Å². The molecule has 0 atom stereocenters. The zero-order chi connectivity index (χ0) is 20.1. The third-order valence-corrected chi connectivity index (χ3v) is 5.64. The van der Waals surface area contributed by atoms with Crippen molar-refractivity contribution >= 4 is 5.91 Å². The van der Waals surface area contributed by atoms with Crippen molar-refractivity contribution in [2.75, 3.05) is 78.5 Å². The molecule has 0 unspecified atom stereocenters.